The number of hydrogen-bond donors (Lipinski definition) is 0. The van der Waals surface area contributed by atoms with Crippen LogP contribution in [0.4, 0.5) is 0 Å². The van der Waals surface area contributed by atoms with Crippen LogP contribution in [0.15, 0.2) is 36.0 Å². The summed E-state index contributed by atoms with van der Waals surface area (Å²) in [6.07, 6.45) is 5.90. The lowest BCUT2D eigenvalue weighted by Crippen LogP contribution is -2.64. The molecule has 5 heteroatoms. The van der Waals surface area contributed by atoms with Gasteiger partial charge in [0.25, 0.3) is 0 Å². The Morgan fingerprint density at radius 3 is 2.92 bits per heavy atom. The van der Waals surface area contributed by atoms with Gasteiger partial charge in [0.05, 0.1) is 12.2 Å². The summed E-state index contributed by atoms with van der Waals surface area (Å²) in [5.74, 6) is 0.630. The van der Waals surface area contributed by atoms with Gasteiger partial charge in [-0.2, -0.15) is 0 Å². The molecule has 0 aromatic carbocycles. The molecule has 0 amide bonds. The van der Waals surface area contributed by atoms with E-state index in [1.807, 2.05) is 35.9 Å². The molecule has 4 heterocycles. The van der Waals surface area contributed by atoms with Crippen LogP contribution in [-0.2, 0) is 22.6 Å². The number of aromatic nitrogens is 1. The Labute approximate surface area is 153 Å². The van der Waals surface area contributed by atoms with Crippen LogP contribution >= 0.6 is 11.3 Å². The second-order valence-corrected chi connectivity index (χ2v) is 8.27. The number of ether oxygens (including phenoxy) is 2. The quantitative estimate of drug-likeness (QED) is 0.708. The lowest BCUT2D eigenvalue weighted by atomic mass is 9.79. The van der Waals surface area contributed by atoms with Gasteiger partial charge < -0.3 is 9.47 Å². The number of nitrogens with zero attached hydrogens (tertiary/aromatic N) is 2. The predicted molar refractivity (Wildman–Crippen MR) is 99.6 cm³/mol. The Kier molecular flexibility index (Phi) is 5.17. The predicted octanol–water partition coefficient (Wildman–Crippen LogP) is 3.65. The maximum absolute atomic E-state index is 6.18. The zero-order valence-corrected chi connectivity index (χ0v) is 15.6. The maximum atomic E-state index is 6.18. The molecule has 0 N–H and O–H groups in total. The van der Waals surface area contributed by atoms with Crippen molar-refractivity contribution in [3.8, 4) is 0 Å². The van der Waals surface area contributed by atoms with E-state index in [-0.39, 0.29) is 5.60 Å². The topological polar surface area (TPSA) is 34.6 Å². The van der Waals surface area contributed by atoms with Gasteiger partial charge in [-0.3, -0.25) is 9.88 Å². The number of aryl methyl sites for hydroxylation is 1. The summed E-state index contributed by atoms with van der Waals surface area (Å²) in [6.45, 7) is 7.80. The fourth-order valence-corrected chi connectivity index (χ4v) is 4.98. The number of pyridine rings is 1. The molecule has 2 fully saturated rings. The van der Waals surface area contributed by atoms with Crippen LogP contribution < -0.4 is 0 Å². The van der Waals surface area contributed by atoms with E-state index in [0.717, 1.165) is 39.3 Å². The Bertz CT molecular complexity index is 682. The van der Waals surface area contributed by atoms with E-state index in [4.69, 9.17) is 9.47 Å². The molecule has 134 valence electrons. The van der Waals surface area contributed by atoms with E-state index in [0.29, 0.717) is 12.5 Å². The standard InChI is InChI=1S/C20H26N2O2S/c1-16-6-11-25-19(16)12-22-14-20(15-22)18(5-10-24-20)4-9-23-13-17-2-7-21-8-3-17/h2-3,6-8,11,18H,4-5,9-10,12-15H2,1H3/t18-/m0/s1. The SMILES string of the molecule is Cc1ccsc1CN1CC2(C1)OCC[C@@H]2CCOCc1ccncc1. The molecule has 2 aliphatic rings. The van der Waals surface area contributed by atoms with E-state index in [1.54, 1.807) is 0 Å². The first kappa shape index (κ1) is 17.2. The minimum atomic E-state index is 0.0885. The fraction of sp³-hybridized carbons (Fsp3) is 0.550. The maximum Gasteiger partial charge on any atom is 0.0964 e. The average Bonchev–Trinajstić information content (AvgIpc) is 3.19. The van der Waals surface area contributed by atoms with Crippen molar-refractivity contribution in [3.63, 3.8) is 0 Å². The van der Waals surface area contributed by atoms with Gasteiger partial charge in [-0.1, -0.05) is 0 Å². The third-order valence-corrected chi connectivity index (χ3v) is 6.55. The molecule has 0 radical (unpaired) electrons. The number of rotatable bonds is 7. The van der Waals surface area contributed by atoms with Gasteiger partial charge in [0.2, 0.25) is 0 Å². The molecule has 0 bridgehead atoms. The van der Waals surface area contributed by atoms with E-state index in [9.17, 15) is 0 Å². The summed E-state index contributed by atoms with van der Waals surface area (Å²) >= 11 is 1.87. The van der Waals surface area contributed by atoms with Gasteiger partial charge in [-0.05, 0) is 60.4 Å². The lowest BCUT2D eigenvalue weighted by Gasteiger charge is -2.50. The van der Waals surface area contributed by atoms with Crippen molar-refractivity contribution >= 4 is 11.3 Å². The summed E-state index contributed by atoms with van der Waals surface area (Å²) in [5.41, 5.74) is 2.69. The third kappa shape index (κ3) is 3.80. The molecule has 1 spiro atoms. The third-order valence-electron chi connectivity index (χ3n) is 5.55. The van der Waals surface area contributed by atoms with Crippen LogP contribution in [0.2, 0.25) is 0 Å². The summed E-state index contributed by atoms with van der Waals surface area (Å²) in [5, 5.41) is 2.19. The molecule has 4 rings (SSSR count). The average molecular weight is 359 g/mol. The second kappa shape index (κ2) is 7.54. The summed E-state index contributed by atoms with van der Waals surface area (Å²) in [7, 11) is 0. The minimum absolute atomic E-state index is 0.0885. The molecule has 2 saturated heterocycles. The van der Waals surface area contributed by atoms with Crippen LogP contribution in [0.5, 0.6) is 0 Å². The van der Waals surface area contributed by atoms with Crippen LogP contribution in [0.25, 0.3) is 0 Å². The van der Waals surface area contributed by atoms with Crippen LogP contribution in [0.1, 0.15) is 28.8 Å². The Morgan fingerprint density at radius 2 is 2.16 bits per heavy atom. The monoisotopic (exact) mass is 358 g/mol. The zero-order valence-electron chi connectivity index (χ0n) is 14.8. The molecule has 2 aromatic rings. The van der Waals surface area contributed by atoms with Crippen molar-refractivity contribution in [2.75, 3.05) is 26.3 Å². The molecule has 0 unspecified atom stereocenters. The number of likely N-dealkylation sites (tertiary alicyclic amines) is 1. The second-order valence-electron chi connectivity index (χ2n) is 7.27. The highest BCUT2D eigenvalue weighted by molar-refractivity contribution is 7.10. The molecule has 2 aliphatic heterocycles. The summed E-state index contributed by atoms with van der Waals surface area (Å²) in [4.78, 5) is 8.05. The molecular formula is C20H26N2O2S. The molecule has 0 saturated carbocycles. The Morgan fingerprint density at radius 1 is 1.32 bits per heavy atom. The first-order valence-corrected chi connectivity index (χ1v) is 9.99. The van der Waals surface area contributed by atoms with Crippen molar-refractivity contribution in [1.82, 2.24) is 9.88 Å². The van der Waals surface area contributed by atoms with E-state index >= 15 is 0 Å². The van der Waals surface area contributed by atoms with Gasteiger partial charge in [0.15, 0.2) is 0 Å². The Hall–Kier alpha value is -1.27. The first-order valence-electron chi connectivity index (χ1n) is 9.11. The zero-order chi connectivity index (χ0) is 17.1. The van der Waals surface area contributed by atoms with E-state index in [1.165, 1.54) is 22.4 Å². The number of hydrogen-bond acceptors (Lipinski definition) is 5. The van der Waals surface area contributed by atoms with Gasteiger partial charge in [0, 0.05) is 50.1 Å². The van der Waals surface area contributed by atoms with E-state index in [2.05, 4.69) is 28.3 Å². The highest BCUT2D eigenvalue weighted by atomic mass is 32.1. The molecule has 0 aliphatic carbocycles. The van der Waals surface area contributed by atoms with Crippen molar-refractivity contribution in [1.29, 1.82) is 0 Å². The summed E-state index contributed by atoms with van der Waals surface area (Å²) < 4.78 is 12.1. The largest absolute Gasteiger partial charge is 0.377 e. The lowest BCUT2D eigenvalue weighted by molar-refractivity contribution is -0.139. The van der Waals surface area contributed by atoms with Crippen LogP contribution in [0, 0.1) is 12.8 Å². The van der Waals surface area contributed by atoms with Crippen LogP contribution in [0.3, 0.4) is 0 Å². The van der Waals surface area contributed by atoms with Crippen molar-refractivity contribution < 1.29 is 9.47 Å². The van der Waals surface area contributed by atoms with Gasteiger partial charge in [-0.25, -0.2) is 0 Å². The molecular weight excluding hydrogens is 332 g/mol. The molecule has 25 heavy (non-hydrogen) atoms. The van der Waals surface area contributed by atoms with Gasteiger partial charge in [-0.15, -0.1) is 11.3 Å². The van der Waals surface area contributed by atoms with E-state index < -0.39 is 0 Å². The smallest absolute Gasteiger partial charge is 0.0964 e. The molecule has 4 nitrogen and oxygen atoms in total. The highest BCUT2D eigenvalue weighted by Crippen LogP contribution is 2.42. The van der Waals surface area contributed by atoms with Gasteiger partial charge >= 0.3 is 0 Å². The summed E-state index contributed by atoms with van der Waals surface area (Å²) in [6, 6.07) is 6.23. The van der Waals surface area contributed by atoms with Crippen molar-refractivity contribution in [2.45, 2.75) is 38.5 Å². The normalized spacial score (nSPS) is 22.4. The van der Waals surface area contributed by atoms with Crippen molar-refractivity contribution in [3.05, 3.63) is 52.0 Å². The highest BCUT2D eigenvalue weighted by Gasteiger charge is 2.52. The van der Waals surface area contributed by atoms with Crippen molar-refractivity contribution in [2.24, 2.45) is 5.92 Å². The fourth-order valence-electron chi connectivity index (χ4n) is 4.03. The molecule has 2 aromatic heterocycles. The van der Waals surface area contributed by atoms with Gasteiger partial charge in [0.1, 0.15) is 0 Å². The number of thiophene rings is 1. The van der Waals surface area contributed by atoms with Crippen LogP contribution in [-0.4, -0.2) is 41.8 Å². The minimum Gasteiger partial charge on any atom is -0.377 e. The Balaban J connectivity index is 1.22. The molecule has 1 atom stereocenters. The first-order chi connectivity index (χ1) is 12.3.